The van der Waals surface area contributed by atoms with Crippen molar-refractivity contribution in [3.05, 3.63) is 54.1 Å². The average molecular weight is 465 g/mol. The molecule has 2 aromatic rings. The van der Waals surface area contributed by atoms with E-state index in [-0.39, 0.29) is 11.9 Å². The zero-order chi connectivity index (χ0) is 24.1. The smallest absolute Gasteiger partial charge is 0.252 e. The molecule has 2 fully saturated rings. The first-order valence-corrected chi connectivity index (χ1v) is 11.6. The van der Waals surface area contributed by atoms with Crippen LogP contribution in [-0.4, -0.2) is 67.1 Å². The lowest BCUT2D eigenvalue weighted by Crippen LogP contribution is -2.44. The number of nitrogens with two attached hydrogens (primary N) is 1. The van der Waals surface area contributed by atoms with Gasteiger partial charge < -0.3 is 30.9 Å². The molecule has 9 nitrogen and oxygen atoms in total. The first kappa shape index (κ1) is 23.6. The maximum Gasteiger partial charge on any atom is 0.252 e. The van der Waals surface area contributed by atoms with Crippen molar-refractivity contribution in [3.8, 4) is 0 Å². The summed E-state index contributed by atoms with van der Waals surface area (Å²) in [7, 11) is 0. The van der Waals surface area contributed by atoms with Gasteiger partial charge in [0, 0.05) is 43.6 Å². The number of amides is 2. The van der Waals surface area contributed by atoms with Gasteiger partial charge in [-0.25, -0.2) is 4.98 Å². The summed E-state index contributed by atoms with van der Waals surface area (Å²) in [5, 5.41) is 6.69. The quantitative estimate of drug-likeness (QED) is 0.540. The van der Waals surface area contributed by atoms with Crippen LogP contribution in [0.5, 0.6) is 0 Å². The lowest BCUT2D eigenvalue weighted by atomic mass is 10.0. The molecule has 3 heterocycles. The van der Waals surface area contributed by atoms with Crippen LogP contribution in [-0.2, 0) is 9.53 Å². The van der Waals surface area contributed by atoms with Crippen molar-refractivity contribution in [3.63, 3.8) is 0 Å². The Morgan fingerprint density at radius 1 is 1.21 bits per heavy atom. The largest absolute Gasteiger partial charge is 0.378 e. The molecule has 0 unspecified atom stereocenters. The fourth-order valence-corrected chi connectivity index (χ4v) is 4.50. The SMILES string of the molecule is C=CC(=O)N1CCC[C@@H](Nc2cc(C)c(C(N)=O)c(Nc3ccc(N4CCOCC4)cc3)n2)C1. The second-order valence-corrected chi connectivity index (χ2v) is 8.66. The lowest BCUT2D eigenvalue weighted by Gasteiger charge is -2.33. The molecule has 4 rings (SSSR count). The van der Waals surface area contributed by atoms with Crippen molar-refractivity contribution in [2.45, 2.75) is 25.8 Å². The molecule has 1 atom stereocenters. The molecule has 2 saturated heterocycles. The summed E-state index contributed by atoms with van der Waals surface area (Å²) in [5.74, 6) is 0.434. The topological polar surface area (TPSA) is 113 Å². The van der Waals surface area contributed by atoms with Crippen molar-refractivity contribution in [1.29, 1.82) is 0 Å². The minimum atomic E-state index is -0.538. The molecule has 2 aliphatic rings. The van der Waals surface area contributed by atoms with E-state index in [0.29, 0.717) is 23.7 Å². The highest BCUT2D eigenvalue weighted by Crippen LogP contribution is 2.27. The third-order valence-electron chi connectivity index (χ3n) is 6.23. The number of nitrogens with one attached hydrogen (secondary N) is 2. The van der Waals surface area contributed by atoms with Gasteiger partial charge in [0.1, 0.15) is 11.6 Å². The van der Waals surface area contributed by atoms with Gasteiger partial charge >= 0.3 is 0 Å². The Morgan fingerprint density at radius 2 is 1.94 bits per heavy atom. The van der Waals surface area contributed by atoms with Crippen LogP contribution >= 0.6 is 0 Å². The summed E-state index contributed by atoms with van der Waals surface area (Å²) in [4.78, 5) is 32.9. The van der Waals surface area contributed by atoms with Crippen LogP contribution in [0.3, 0.4) is 0 Å². The second-order valence-electron chi connectivity index (χ2n) is 8.66. The van der Waals surface area contributed by atoms with Gasteiger partial charge in [-0.1, -0.05) is 6.58 Å². The summed E-state index contributed by atoms with van der Waals surface area (Å²) < 4.78 is 5.42. The monoisotopic (exact) mass is 464 g/mol. The fraction of sp³-hybridized carbons (Fsp3) is 0.400. The number of nitrogens with zero attached hydrogens (tertiary/aromatic N) is 3. The Hall–Kier alpha value is -3.59. The Kier molecular flexibility index (Phi) is 7.32. The maximum absolute atomic E-state index is 12.2. The van der Waals surface area contributed by atoms with Gasteiger partial charge in [-0.05, 0) is 61.7 Å². The molecule has 4 N–H and O–H groups in total. The number of hydrogen-bond donors (Lipinski definition) is 3. The number of pyridine rings is 1. The van der Waals surface area contributed by atoms with Gasteiger partial charge in [-0.2, -0.15) is 0 Å². The summed E-state index contributed by atoms with van der Waals surface area (Å²) in [6.07, 6.45) is 3.17. The zero-order valence-corrected chi connectivity index (χ0v) is 19.5. The molecule has 0 spiro atoms. The summed E-state index contributed by atoms with van der Waals surface area (Å²) in [5.41, 5.74) is 8.70. The van der Waals surface area contributed by atoms with E-state index in [9.17, 15) is 9.59 Å². The second kappa shape index (κ2) is 10.6. The zero-order valence-electron chi connectivity index (χ0n) is 19.5. The predicted octanol–water partition coefficient (Wildman–Crippen LogP) is 2.66. The number of carbonyl (C=O) groups is 2. The van der Waals surface area contributed by atoms with Crippen molar-refractivity contribution in [2.24, 2.45) is 5.73 Å². The van der Waals surface area contributed by atoms with E-state index in [1.165, 1.54) is 6.08 Å². The number of aryl methyl sites for hydroxylation is 1. The number of anilines is 4. The van der Waals surface area contributed by atoms with E-state index in [1.807, 2.05) is 37.3 Å². The first-order valence-electron chi connectivity index (χ1n) is 11.6. The van der Waals surface area contributed by atoms with Crippen LogP contribution in [0.1, 0.15) is 28.8 Å². The number of piperidine rings is 1. The molecule has 2 aliphatic heterocycles. The van der Waals surface area contributed by atoms with Crippen LogP contribution in [0.15, 0.2) is 43.0 Å². The summed E-state index contributed by atoms with van der Waals surface area (Å²) >= 11 is 0. The number of carbonyl (C=O) groups excluding carboxylic acids is 2. The van der Waals surface area contributed by atoms with Gasteiger partial charge in [0.2, 0.25) is 5.91 Å². The third kappa shape index (κ3) is 5.48. The van der Waals surface area contributed by atoms with Crippen LogP contribution in [0.25, 0.3) is 0 Å². The molecule has 2 amide bonds. The molecule has 0 bridgehead atoms. The standard InChI is InChI=1S/C25H32N6O3/c1-3-22(32)31-10-4-5-19(16-31)27-21-15-17(2)23(24(26)33)25(29-21)28-18-6-8-20(9-7-18)30-11-13-34-14-12-30/h3,6-9,15,19H,1,4-5,10-14,16H2,2H3,(H2,26,33)(H2,27,28,29)/t19-/m1/s1. The number of morpholine rings is 1. The Balaban J connectivity index is 1.52. The molecule has 34 heavy (non-hydrogen) atoms. The normalized spacial score (nSPS) is 18.3. The van der Waals surface area contributed by atoms with Gasteiger partial charge in [-0.15, -0.1) is 0 Å². The van der Waals surface area contributed by atoms with Gasteiger partial charge in [0.15, 0.2) is 0 Å². The van der Waals surface area contributed by atoms with E-state index < -0.39 is 5.91 Å². The number of primary amides is 1. The highest BCUT2D eigenvalue weighted by molar-refractivity contribution is 6.00. The van der Waals surface area contributed by atoms with Crippen molar-refractivity contribution in [2.75, 3.05) is 54.9 Å². The van der Waals surface area contributed by atoms with Crippen molar-refractivity contribution in [1.82, 2.24) is 9.88 Å². The molecule has 0 radical (unpaired) electrons. The van der Waals surface area contributed by atoms with Crippen molar-refractivity contribution >= 4 is 34.8 Å². The molecule has 0 saturated carbocycles. The number of likely N-dealkylation sites (tertiary alicyclic amines) is 1. The van der Waals surface area contributed by atoms with Crippen LogP contribution in [0.2, 0.25) is 0 Å². The highest BCUT2D eigenvalue weighted by Gasteiger charge is 2.23. The Morgan fingerprint density at radius 3 is 2.62 bits per heavy atom. The van der Waals surface area contributed by atoms with Gasteiger partial charge in [0.25, 0.3) is 5.91 Å². The number of hydrogen-bond acceptors (Lipinski definition) is 7. The number of ether oxygens (including phenoxy) is 1. The Labute approximate surface area is 200 Å². The third-order valence-corrected chi connectivity index (χ3v) is 6.23. The van der Waals surface area contributed by atoms with Gasteiger partial charge in [-0.3, -0.25) is 9.59 Å². The van der Waals surface area contributed by atoms with E-state index in [1.54, 1.807) is 4.90 Å². The summed E-state index contributed by atoms with van der Waals surface area (Å²) in [6.45, 7) is 9.91. The minimum absolute atomic E-state index is 0.0598. The molecular formula is C25H32N6O3. The lowest BCUT2D eigenvalue weighted by molar-refractivity contribution is -0.127. The van der Waals surface area contributed by atoms with E-state index in [2.05, 4.69) is 27.1 Å². The van der Waals surface area contributed by atoms with E-state index >= 15 is 0 Å². The maximum atomic E-state index is 12.2. The highest BCUT2D eigenvalue weighted by atomic mass is 16.5. The molecule has 9 heteroatoms. The van der Waals surface area contributed by atoms with Gasteiger partial charge in [0.05, 0.1) is 18.8 Å². The van der Waals surface area contributed by atoms with Crippen LogP contribution in [0.4, 0.5) is 23.0 Å². The van der Waals surface area contributed by atoms with Crippen LogP contribution < -0.4 is 21.3 Å². The predicted molar refractivity (Wildman–Crippen MR) is 134 cm³/mol. The number of benzene rings is 1. The van der Waals surface area contributed by atoms with Crippen molar-refractivity contribution < 1.29 is 14.3 Å². The van der Waals surface area contributed by atoms with E-state index in [4.69, 9.17) is 10.5 Å². The molecule has 180 valence electrons. The number of aromatic nitrogens is 1. The number of rotatable bonds is 7. The average Bonchev–Trinajstić information content (AvgIpc) is 2.84. The Bertz CT molecular complexity index is 1050. The molecular weight excluding hydrogens is 432 g/mol. The first-order chi connectivity index (χ1) is 16.4. The minimum Gasteiger partial charge on any atom is -0.378 e. The fourth-order valence-electron chi connectivity index (χ4n) is 4.50. The molecule has 0 aliphatic carbocycles. The molecule has 1 aromatic heterocycles. The molecule has 1 aromatic carbocycles. The van der Waals surface area contributed by atoms with Crippen LogP contribution in [0, 0.1) is 6.92 Å². The summed E-state index contributed by atoms with van der Waals surface area (Å²) in [6, 6.07) is 9.89. The van der Waals surface area contributed by atoms with E-state index in [0.717, 1.165) is 62.6 Å².